The summed E-state index contributed by atoms with van der Waals surface area (Å²) in [7, 11) is 0. The van der Waals surface area contributed by atoms with Crippen molar-refractivity contribution in [2.45, 2.75) is 42.9 Å². The number of thioether (sulfide) groups is 1. The van der Waals surface area contributed by atoms with Crippen LogP contribution in [0.2, 0.25) is 0 Å². The first-order chi connectivity index (χ1) is 7.81. The van der Waals surface area contributed by atoms with E-state index in [0.29, 0.717) is 6.42 Å². The lowest BCUT2D eigenvalue weighted by Crippen LogP contribution is -2.50. The number of hydrogen-bond donors (Lipinski definition) is 2. The lowest BCUT2D eigenvalue weighted by Gasteiger charge is -2.24. The molecular formula is C13H20N2OS. The molecule has 0 fully saturated rings. The van der Waals surface area contributed by atoms with E-state index >= 15 is 0 Å². The predicted molar refractivity (Wildman–Crippen MR) is 72.9 cm³/mol. The molecule has 1 amide bonds. The molecule has 3 nitrogen and oxygen atoms in total. The zero-order valence-corrected chi connectivity index (χ0v) is 11.4. The lowest BCUT2D eigenvalue weighted by molar-refractivity contribution is -0.122. The number of carbonyl (C=O) groups is 1. The molecule has 0 aliphatic heterocycles. The van der Waals surface area contributed by atoms with Crippen molar-refractivity contribution in [1.82, 2.24) is 0 Å². The van der Waals surface area contributed by atoms with E-state index in [0.717, 1.165) is 0 Å². The maximum Gasteiger partial charge on any atom is 0.237 e. The van der Waals surface area contributed by atoms with Gasteiger partial charge in [0, 0.05) is 10.1 Å². The second-order valence-electron chi connectivity index (χ2n) is 4.73. The molecule has 94 valence electrons. The highest BCUT2D eigenvalue weighted by Gasteiger charge is 2.28. The third-order valence-electron chi connectivity index (χ3n) is 2.60. The molecule has 1 aromatic carbocycles. The SMILES string of the molecule is Cc1cccc(SC(C)CC(C)(N)C(N)=O)c1. The van der Waals surface area contributed by atoms with Gasteiger partial charge in [-0.3, -0.25) is 4.79 Å². The van der Waals surface area contributed by atoms with E-state index in [1.807, 2.05) is 6.07 Å². The highest BCUT2D eigenvalue weighted by atomic mass is 32.2. The van der Waals surface area contributed by atoms with Crippen molar-refractivity contribution in [3.63, 3.8) is 0 Å². The zero-order valence-electron chi connectivity index (χ0n) is 10.6. The van der Waals surface area contributed by atoms with Gasteiger partial charge in [-0.05, 0) is 32.4 Å². The number of aryl methyl sites for hydroxylation is 1. The van der Waals surface area contributed by atoms with Gasteiger partial charge in [-0.1, -0.05) is 24.6 Å². The molecule has 2 unspecified atom stereocenters. The first kappa shape index (κ1) is 14.1. The molecule has 0 aromatic heterocycles. The van der Waals surface area contributed by atoms with Crippen molar-refractivity contribution >= 4 is 17.7 Å². The molecular weight excluding hydrogens is 232 g/mol. The van der Waals surface area contributed by atoms with Gasteiger partial charge in [-0.25, -0.2) is 0 Å². The van der Waals surface area contributed by atoms with Crippen LogP contribution in [-0.2, 0) is 4.79 Å². The van der Waals surface area contributed by atoms with E-state index < -0.39 is 11.4 Å². The van der Waals surface area contributed by atoms with Crippen LogP contribution >= 0.6 is 11.8 Å². The maximum atomic E-state index is 11.2. The monoisotopic (exact) mass is 252 g/mol. The van der Waals surface area contributed by atoms with Gasteiger partial charge >= 0.3 is 0 Å². The van der Waals surface area contributed by atoms with Gasteiger partial charge in [0.05, 0.1) is 5.54 Å². The Kier molecular flexibility index (Phi) is 4.60. The van der Waals surface area contributed by atoms with Crippen LogP contribution in [0.4, 0.5) is 0 Å². The summed E-state index contributed by atoms with van der Waals surface area (Å²) in [5.74, 6) is -0.450. The quantitative estimate of drug-likeness (QED) is 0.788. The molecule has 2 atom stereocenters. The molecule has 17 heavy (non-hydrogen) atoms. The molecule has 0 saturated carbocycles. The molecule has 0 spiro atoms. The summed E-state index contributed by atoms with van der Waals surface area (Å²) in [6, 6.07) is 8.27. The summed E-state index contributed by atoms with van der Waals surface area (Å²) in [5, 5.41) is 0.249. The average Bonchev–Trinajstić information content (AvgIpc) is 2.15. The number of hydrogen-bond acceptors (Lipinski definition) is 3. The second kappa shape index (κ2) is 5.56. The third-order valence-corrected chi connectivity index (χ3v) is 3.70. The van der Waals surface area contributed by atoms with E-state index in [1.165, 1.54) is 10.5 Å². The molecule has 4 N–H and O–H groups in total. The Hall–Kier alpha value is -1.00. The van der Waals surface area contributed by atoms with Gasteiger partial charge in [-0.2, -0.15) is 0 Å². The van der Waals surface area contributed by atoms with E-state index in [1.54, 1.807) is 18.7 Å². The largest absolute Gasteiger partial charge is 0.368 e. The topological polar surface area (TPSA) is 69.1 Å². The van der Waals surface area contributed by atoms with Crippen LogP contribution in [0.3, 0.4) is 0 Å². The van der Waals surface area contributed by atoms with E-state index in [4.69, 9.17) is 11.5 Å². The van der Waals surface area contributed by atoms with Crippen LogP contribution in [-0.4, -0.2) is 16.7 Å². The van der Waals surface area contributed by atoms with Crippen molar-refractivity contribution < 1.29 is 4.79 Å². The smallest absolute Gasteiger partial charge is 0.237 e. The molecule has 4 heteroatoms. The Morgan fingerprint density at radius 1 is 1.53 bits per heavy atom. The summed E-state index contributed by atoms with van der Waals surface area (Å²) in [4.78, 5) is 12.3. The molecule has 0 heterocycles. The third kappa shape index (κ3) is 4.40. The second-order valence-corrected chi connectivity index (χ2v) is 6.24. The average molecular weight is 252 g/mol. The fourth-order valence-electron chi connectivity index (χ4n) is 1.66. The molecule has 1 rings (SSSR count). The van der Waals surface area contributed by atoms with Gasteiger partial charge in [0.15, 0.2) is 0 Å². The lowest BCUT2D eigenvalue weighted by atomic mass is 9.97. The fourth-order valence-corrected chi connectivity index (χ4v) is 2.97. The van der Waals surface area contributed by atoms with Crippen LogP contribution in [0.1, 0.15) is 25.8 Å². The molecule has 0 bridgehead atoms. The minimum atomic E-state index is -0.934. The first-order valence-corrected chi connectivity index (χ1v) is 6.51. The highest BCUT2D eigenvalue weighted by molar-refractivity contribution is 7.99. The minimum Gasteiger partial charge on any atom is -0.368 e. The standard InChI is InChI=1S/C13H20N2OS/c1-9-5-4-6-11(7-9)17-10(2)8-13(3,15)12(14)16/h4-7,10H,8,15H2,1-3H3,(H2,14,16). The number of carbonyl (C=O) groups excluding carboxylic acids is 1. The van der Waals surface area contributed by atoms with Crippen LogP contribution in [0.15, 0.2) is 29.2 Å². The molecule has 0 aliphatic carbocycles. The zero-order chi connectivity index (χ0) is 13.1. The highest BCUT2D eigenvalue weighted by Crippen LogP contribution is 2.28. The summed E-state index contributed by atoms with van der Waals surface area (Å²) in [6.07, 6.45) is 0.570. The fraction of sp³-hybridized carbons (Fsp3) is 0.462. The van der Waals surface area contributed by atoms with E-state index in [9.17, 15) is 4.79 Å². The van der Waals surface area contributed by atoms with E-state index in [-0.39, 0.29) is 5.25 Å². The van der Waals surface area contributed by atoms with Crippen LogP contribution in [0.25, 0.3) is 0 Å². The number of amides is 1. The van der Waals surface area contributed by atoms with Crippen LogP contribution in [0, 0.1) is 6.92 Å². The Bertz CT molecular complexity index is 404. The maximum absolute atomic E-state index is 11.2. The number of primary amides is 1. The normalized spacial score (nSPS) is 16.2. The summed E-state index contributed by atoms with van der Waals surface area (Å²) in [5.41, 5.74) is 11.4. The number of nitrogens with two attached hydrogens (primary N) is 2. The Morgan fingerprint density at radius 2 is 2.18 bits per heavy atom. The molecule has 0 aliphatic rings. The summed E-state index contributed by atoms with van der Waals surface area (Å²) >= 11 is 1.71. The van der Waals surface area contributed by atoms with Crippen LogP contribution in [0.5, 0.6) is 0 Å². The number of rotatable bonds is 5. The Morgan fingerprint density at radius 3 is 2.71 bits per heavy atom. The van der Waals surface area contributed by atoms with E-state index in [2.05, 4.69) is 32.0 Å². The van der Waals surface area contributed by atoms with Gasteiger partial charge < -0.3 is 11.5 Å². The molecule has 0 saturated heterocycles. The summed E-state index contributed by atoms with van der Waals surface area (Å²) in [6.45, 7) is 5.80. The van der Waals surface area contributed by atoms with Crippen molar-refractivity contribution in [1.29, 1.82) is 0 Å². The molecule has 1 aromatic rings. The Balaban J connectivity index is 2.61. The van der Waals surface area contributed by atoms with Gasteiger partial charge in [0.2, 0.25) is 5.91 Å². The van der Waals surface area contributed by atoms with Crippen molar-refractivity contribution in [2.24, 2.45) is 11.5 Å². The number of benzene rings is 1. The summed E-state index contributed by atoms with van der Waals surface area (Å²) < 4.78 is 0. The predicted octanol–water partition coefficient (Wildman–Crippen LogP) is 2.07. The molecule has 0 radical (unpaired) electrons. The van der Waals surface area contributed by atoms with Gasteiger partial charge in [0.25, 0.3) is 0 Å². The minimum absolute atomic E-state index is 0.249. The Labute approximate surface area is 107 Å². The first-order valence-electron chi connectivity index (χ1n) is 5.63. The van der Waals surface area contributed by atoms with Crippen molar-refractivity contribution in [3.05, 3.63) is 29.8 Å². The van der Waals surface area contributed by atoms with Crippen LogP contribution < -0.4 is 11.5 Å². The van der Waals surface area contributed by atoms with Gasteiger partial charge in [0.1, 0.15) is 0 Å². The van der Waals surface area contributed by atoms with Crippen molar-refractivity contribution in [2.75, 3.05) is 0 Å². The van der Waals surface area contributed by atoms with Gasteiger partial charge in [-0.15, -0.1) is 11.8 Å². The van der Waals surface area contributed by atoms with Crippen molar-refractivity contribution in [3.8, 4) is 0 Å².